The molecule has 2 rings (SSSR count). The lowest BCUT2D eigenvalue weighted by Crippen LogP contribution is -2.35. The van der Waals surface area contributed by atoms with Crippen molar-refractivity contribution >= 4 is 5.91 Å². The van der Waals surface area contributed by atoms with Crippen LogP contribution in [-0.2, 0) is 6.42 Å². The third-order valence-electron chi connectivity index (χ3n) is 3.88. The van der Waals surface area contributed by atoms with Gasteiger partial charge < -0.3 is 15.6 Å². The molecule has 1 amide bonds. The molecule has 0 unspecified atom stereocenters. The van der Waals surface area contributed by atoms with Crippen LogP contribution in [0.5, 0.6) is 0 Å². The Kier molecular flexibility index (Phi) is 4.52. The van der Waals surface area contributed by atoms with E-state index in [4.69, 9.17) is 10.3 Å². The highest BCUT2D eigenvalue weighted by atomic mass is 16.5. The standard InChI is InChI=1S/C13H22N4O2/c1-2-15-12(18)11-16-10(19-17-11)8-13(9-14)6-4-3-5-7-13/h2-9,14H2,1H3,(H,15,18). The Morgan fingerprint density at radius 2 is 2.16 bits per heavy atom. The molecule has 1 fully saturated rings. The minimum absolute atomic E-state index is 0.0727. The molecule has 6 nitrogen and oxygen atoms in total. The molecule has 1 heterocycles. The van der Waals surface area contributed by atoms with Gasteiger partial charge in [-0.15, -0.1) is 0 Å². The average molecular weight is 266 g/mol. The van der Waals surface area contributed by atoms with Crippen molar-refractivity contribution in [3.05, 3.63) is 11.7 Å². The molecule has 0 aliphatic heterocycles. The van der Waals surface area contributed by atoms with E-state index in [0.717, 1.165) is 12.8 Å². The fourth-order valence-electron chi connectivity index (χ4n) is 2.73. The Morgan fingerprint density at radius 3 is 2.79 bits per heavy atom. The normalized spacial score (nSPS) is 18.2. The lowest BCUT2D eigenvalue weighted by molar-refractivity contribution is 0.0942. The minimum Gasteiger partial charge on any atom is -0.349 e. The van der Waals surface area contributed by atoms with Gasteiger partial charge in [0.2, 0.25) is 5.89 Å². The second-order valence-electron chi connectivity index (χ2n) is 5.31. The van der Waals surface area contributed by atoms with E-state index in [2.05, 4.69) is 15.5 Å². The predicted octanol–water partition coefficient (Wildman–Crippen LogP) is 1.27. The summed E-state index contributed by atoms with van der Waals surface area (Å²) >= 11 is 0. The zero-order valence-electron chi connectivity index (χ0n) is 11.4. The van der Waals surface area contributed by atoms with E-state index in [1.807, 2.05) is 6.92 Å². The van der Waals surface area contributed by atoms with E-state index >= 15 is 0 Å². The van der Waals surface area contributed by atoms with Gasteiger partial charge in [0.05, 0.1) is 0 Å². The fourth-order valence-corrected chi connectivity index (χ4v) is 2.73. The first-order chi connectivity index (χ1) is 9.19. The summed E-state index contributed by atoms with van der Waals surface area (Å²) < 4.78 is 5.18. The first-order valence-electron chi connectivity index (χ1n) is 7.00. The SMILES string of the molecule is CCNC(=O)c1noc(CC2(CN)CCCCC2)n1. The van der Waals surface area contributed by atoms with Crippen LogP contribution in [0.1, 0.15) is 55.5 Å². The Labute approximate surface area is 113 Å². The van der Waals surface area contributed by atoms with Crippen molar-refractivity contribution in [3.63, 3.8) is 0 Å². The van der Waals surface area contributed by atoms with Crippen molar-refractivity contribution in [1.82, 2.24) is 15.5 Å². The van der Waals surface area contributed by atoms with E-state index in [-0.39, 0.29) is 17.1 Å². The lowest BCUT2D eigenvalue weighted by Gasteiger charge is -2.34. The number of amides is 1. The van der Waals surface area contributed by atoms with Gasteiger partial charge in [-0.2, -0.15) is 4.98 Å². The van der Waals surface area contributed by atoms with Crippen LogP contribution < -0.4 is 11.1 Å². The molecule has 1 aliphatic rings. The van der Waals surface area contributed by atoms with E-state index in [1.54, 1.807) is 0 Å². The van der Waals surface area contributed by atoms with E-state index in [9.17, 15) is 4.79 Å². The monoisotopic (exact) mass is 266 g/mol. The fraction of sp³-hybridized carbons (Fsp3) is 0.769. The summed E-state index contributed by atoms with van der Waals surface area (Å²) in [5, 5.41) is 6.38. The highest BCUT2D eigenvalue weighted by Gasteiger charge is 2.33. The molecule has 1 aliphatic carbocycles. The number of nitrogens with one attached hydrogen (secondary N) is 1. The van der Waals surface area contributed by atoms with Gasteiger partial charge in [-0.25, -0.2) is 0 Å². The van der Waals surface area contributed by atoms with Gasteiger partial charge >= 0.3 is 0 Å². The Balaban J connectivity index is 2.04. The first-order valence-corrected chi connectivity index (χ1v) is 7.00. The summed E-state index contributed by atoms with van der Waals surface area (Å²) in [5.41, 5.74) is 6.00. The second-order valence-corrected chi connectivity index (χ2v) is 5.31. The van der Waals surface area contributed by atoms with Crippen LogP contribution in [0.25, 0.3) is 0 Å². The summed E-state index contributed by atoms with van der Waals surface area (Å²) in [6.07, 6.45) is 6.55. The van der Waals surface area contributed by atoms with Crippen LogP contribution in [-0.4, -0.2) is 29.1 Å². The maximum absolute atomic E-state index is 11.6. The number of rotatable bonds is 5. The predicted molar refractivity (Wildman–Crippen MR) is 70.6 cm³/mol. The Hall–Kier alpha value is -1.43. The molecule has 3 N–H and O–H groups in total. The number of hydrogen-bond acceptors (Lipinski definition) is 5. The number of hydrogen-bond donors (Lipinski definition) is 2. The molecule has 19 heavy (non-hydrogen) atoms. The second kappa shape index (κ2) is 6.14. The molecule has 0 saturated heterocycles. The maximum Gasteiger partial charge on any atom is 0.292 e. The maximum atomic E-state index is 11.6. The quantitative estimate of drug-likeness (QED) is 0.837. The Bertz CT molecular complexity index is 424. The van der Waals surface area contributed by atoms with E-state index in [1.165, 1.54) is 19.3 Å². The van der Waals surface area contributed by atoms with Gasteiger partial charge in [0.15, 0.2) is 0 Å². The van der Waals surface area contributed by atoms with Crippen LogP contribution in [0, 0.1) is 5.41 Å². The molecule has 0 radical (unpaired) electrons. The summed E-state index contributed by atoms with van der Waals surface area (Å²) in [4.78, 5) is 15.7. The van der Waals surface area contributed by atoms with Crippen LogP contribution in [0.15, 0.2) is 4.52 Å². The van der Waals surface area contributed by atoms with Crippen LogP contribution in [0.3, 0.4) is 0 Å². The molecular weight excluding hydrogens is 244 g/mol. The molecule has 0 aromatic carbocycles. The van der Waals surface area contributed by atoms with Crippen molar-refractivity contribution in [1.29, 1.82) is 0 Å². The van der Waals surface area contributed by atoms with Gasteiger partial charge in [0.1, 0.15) is 0 Å². The number of carbonyl (C=O) groups is 1. The van der Waals surface area contributed by atoms with Crippen LogP contribution >= 0.6 is 0 Å². The smallest absolute Gasteiger partial charge is 0.292 e. The highest BCUT2D eigenvalue weighted by Crippen LogP contribution is 2.37. The van der Waals surface area contributed by atoms with Crippen molar-refractivity contribution in [2.75, 3.05) is 13.1 Å². The minimum atomic E-state index is -0.289. The molecule has 6 heteroatoms. The summed E-state index contributed by atoms with van der Waals surface area (Å²) in [7, 11) is 0. The number of nitrogens with zero attached hydrogens (tertiary/aromatic N) is 2. The molecular formula is C13H22N4O2. The highest BCUT2D eigenvalue weighted by molar-refractivity contribution is 5.90. The van der Waals surface area contributed by atoms with Crippen molar-refractivity contribution in [3.8, 4) is 0 Å². The third-order valence-corrected chi connectivity index (χ3v) is 3.88. The van der Waals surface area contributed by atoms with Crippen molar-refractivity contribution < 1.29 is 9.32 Å². The third kappa shape index (κ3) is 3.32. The van der Waals surface area contributed by atoms with Gasteiger partial charge in [-0.1, -0.05) is 24.4 Å². The largest absolute Gasteiger partial charge is 0.349 e. The lowest BCUT2D eigenvalue weighted by atomic mass is 9.72. The molecule has 1 aromatic rings. The molecule has 106 valence electrons. The number of nitrogens with two attached hydrogens (primary N) is 1. The van der Waals surface area contributed by atoms with E-state index < -0.39 is 0 Å². The zero-order valence-corrected chi connectivity index (χ0v) is 11.4. The summed E-state index contributed by atoms with van der Waals surface area (Å²) in [5.74, 6) is 0.344. The van der Waals surface area contributed by atoms with Crippen molar-refractivity contribution in [2.24, 2.45) is 11.1 Å². The molecule has 1 aromatic heterocycles. The topological polar surface area (TPSA) is 94.0 Å². The number of carbonyl (C=O) groups excluding carboxylic acids is 1. The number of aromatic nitrogens is 2. The summed E-state index contributed by atoms with van der Waals surface area (Å²) in [6, 6.07) is 0. The molecule has 0 spiro atoms. The zero-order chi connectivity index (χ0) is 13.7. The van der Waals surface area contributed by atoms with Gasteiger partial charge in [0.25, 0.3) is 11.7 Å². The molecule has 1 saturated carbocycles. The van der Waals surface area contributed by atoms with Crippen LogP contribution in [0.4, 0.5) is 0 Å². The molecule has 0 bridgehead atoms. The van der Waals surface area contributed by atoms with Gasteiger partial charge in [-0.3, -0.25) is 4.79 Å². The summed E-state index contributed by atoms with van der Waals surface area (Å²) in [6.45, 7) is 3.03. The van der Waals surface area contributed by atoms with Crippen molar-refractivity contribution in [2.45, 2.75) is 45.4 Å². The van der Waals surface area contributed by atoms with Gasteiger partial charge in [0, 0.05) is 13.0 Å². The van der Waals surface area contributed by atoms with Crippen LogP contribution in [0.2, 0.25) is 0 Å². The Morgan fingerprint density at radius 1 is 1.42 bits per heavy atom. The van der Waals surface area contributed by atoms with Gasteiger partial charge in [-0.05, 0) is 31.7 Å². The first kappa shape index (κ1) is 14.0. The average Bonchev–Trinajstić information content (AvgIpc) is 2.88. The van der Waals surface area contributed by atoms with E-state index in [0.29, 0.717) is 25.4 Å². The molecule has 0 atom stereocenters.